The van der Waals surface area contributed by atoms with Gasteiger partial charge in [-0.3, -0.25) is 14.4 Å². The van der Waals surface area contributed by atoms with Crippen LogP contribution in [-0.4, -0.2) is 59.0 Å². The van der Waals surface area contributed by atoms with Crippen molar-refractivity contribution in [3.05, 3.63) is 35.9 Å². The summed E-state index contributed by atoms with van der Waals surface area (Å²) in [6.45, 7) is 5.47. The zero-order chi connectivity index (χ0) is 26.4. The van der Waals surface area contributed by atoms with Crippen molar-refractivity contribution in [2.24, 2.45) is 11.5 Å². The molecule has 0 heterocycles. The number of aliphatic carboxylic acids is 1. The lowest BCUT2D eigenvalue weighted by atomic mass is 10.0. The molecular weight excluding hydrogens is 450 g/mol. The average Bonchev–Trinajstić information content (AvgIpc) is 2.80. The van der Waals surface area contributed by atoms with Crippen LogP contribution in [0.2, 0.25) is 0 Å². The second-order valence-electron chi connectivity index (χ2n) is 9.32. The lowest BCUT2D eigenvalue weighted by Gasteiger charge is -2.26. The number of nitrogens with one attached hydrogen (secondary N) is 3. The number of rotatable bonds is 16. The molecule has 0 aliphatic carbocycles. The minimum absolute atomic E-state index is 0.157. The van der Waals surface area contributed by atoms with Gasteiger partial charge in [-0.05, 0) is 51.6 Å². The highest BCUT2D eigenvalue weighted by atomic mass is 16.4. The van der Waals surface area contributed by atoms with Gasteiger partial charge >= 0.3 is 5.97 Å². The van der Waals surface area contributed by atoms with E-state index < -0.39 is 47.4 Å². The first-order chi connectivity index (χ1) is 16.5. The van der Waals surface area contributed by atoms with Gasteiger partial charge in [0.25, 0.3) is 0 Å². The summed E-state index contributed by atoms with van der Waals surface area (Å²) in [7, 11) is 0. The molecular formula is C25H41N5O5. The Balaban J connectivity index is 3.08. The molecule has 0 bridgehead atoms. The maximum absolute atomic E-state index is 13.2. The minimum Gasteiger partial charge on any atom is -0.480 e. The fraction of sp³-hybridized carbons (Fsp3) is 0.600. The molecule has 3 amide bonds. The van der Waals surface area contributed by atoms with E-state index >= 15 is 0 Å². The molecule has 3 atom stereocenters. The van der Waals surface area contributed by atoms with Gasteiger partial charge in [-0.25, -0.2) is 4.79 Å². The number of carboxylic acids is 1. The van der Waals surface area contributed by atoms with E-state index in [1.807, 2.05) is 37.3 Å². The van der Waals surface area contributed by atoms with Crippen LogP contribution in [0.4, 0.5) is 0 Å². The molecule has 0 unspecified atom stereocenters. The molecule has 10 heteroatoms. The molecule has 0 saturated heterocycles. The van der Waals surface area contributed by atoms with Gasteiger partial charge in [0.05, 0.1) is 5.54 Å². The number of carbonyl (C=O) groups is 4. The van der Waals surface area contributed by atoms with E-state index in [1.165, 1.54) is 0 Å². The Kier molecular flexibility index (Phi) is 13.0. The van der Waals surface area contributed by atoms with Gasteiger partial charge in [-0.1, -0.05) is 50.1 Å². The van der Waals surface area contributed by atoms with Crippen LogP contribution in [-0.2, 0) is 25.6 Å². The summed E-state index contributed by atoms with van der Waals surface area (Å²) in [6.07, 6.45) is 3.43. The van der Waals surface area contributed by atoms with Crippen molar-refractivity contribution in [1.29, 1.82) is 0 Å². The van der Waals surface area contributed by atoms with Crippen molar-refractivity contribution < 1.29 is 24.3 Å². The quantitative estimate of drug-likeness (QED) is 0.185. The molecule has 0 aliphatic rings. The molecule has 196 valence electrons. The van der Waals surface area contributed by atoms with Gasteiger partial charge in [0, 0.05) is 6.42 Å². The van der Waals surface area contributed by atoms with Crippen molar-refractivity contribution in [2.45, 2.75) is 89.4 Å². The van der Waals surface area contributed by atoms with Crippen molar-refractivity contribution in [1.82, 2.24) is 16.0 Å². The van der Waals surface area contributed by atoms with Gasteiger partial charge < -0.3 is 32.5 Å². The van der Waals surface area contributed by atoms with Crippen LogP contribution in [0.15, 0.2) is 30.3 Å². The first-order valence-corrected chi connectivity index (χ1v) is 12.2. The lowest BCUT2D eigenvalue weighted by molar-refractivity contribution is -0.142. The number of hydrogen-bond donors (Lipinski definition) is 6. The van der Waals surface area contributed by atoms with Gasteiger partial charge in [-0.2, -0.15) is 0 Å². The third-order valence-corrected chi connectivity index (χ3v) is 5.53. The van der Waals surface area contributed by atoms with Crippen molar-refractivity contribution in [2.75, 3.05) is 6.54 Å². The fourth-order valence-electron chi connectivity index (χ4n) is 3.38. The highest BCUT2D eigenvalue weighted by Crippen LogP contribution is 2.09. The predicted molar refractivity (Wildman–Crippen MR) is 134 cm³/mol. The smallest absolute Gasteiger partial charge is 0.326 e. The zero-order valence-electron chi connectivity index (χ0n) is 21.0. The third-order valence-electron chi connectivity index (χ3n) is 5.53. The number of amides is 3. The SMILES string of the molecule is CCCC[C@H](NC(=O)C(C)(C)N)C(=O)N[C@@H](Cc1ccccc1)C(=O)N[C@@H](CCCCN)C(=O)O. The number of nitrogens with two attached hydrogens (primary N) is 2. The molecule has 35 heavy (non-hydrogen) atoms. The Bertz CT molecular complexity index is 825. The molecule has 0 fully saturated rings. The fourth-order valence-corrected chi connectivity index (χ4v) is 3.38. The first kappa shape index (κ1) is 30.1. The topological polar surface area (TPSA) is 177 Å². The largest absolute Gasteiger partial charge is 0.480 e. The second-order valence-corrected chi connectivity index (χ2v) is 9.32. The van der Waals surface area contributed by atoms with E-state index in [0.717, 1.165) is 12.0 Å². The van der Waals surface area contributed by atoms with Crippen LogP contribution >= 0.6 is 0 Å². The average molecular weight is 492 g/mol. The molecule has 0 saturated carbocycles. The number of benzene rings is 1. The van der Waals surface area contributed by atoms with E-state index in [1.54, 1.807) is 13.8 Å². The van der Waals surface area contributed by atoms with Gasteiger partial charge in [0.2, 0.25) is 17.7 Å². The maximum Gasteiger partial charge on any atom is 0.326 e. The van der Waals surface area contributed by atoms with Crippen LogP contribution in [0.5, 0.6) is 0 Å². The summed E-state index contributed by atoms with van der Waals surface area (Å²) in [5, 5.41) is 17.5. The standard InChI is InChI=1S/C25H41N5O5/c1-4-5-13-18(30-24(35)25(2,3)27)21(31)29-20(16-17-11-7-6-8-12-17)22(32)28-19(23(33)34)14-9-10-15-26/h6-8,11-12,18-20H,4-5,9-10,13-16,26-27H2,1-3H3,(H,28,32)(H,29,31)(H,30,35)(H,33,34)/t18-,19-,20-/m0/s1. The van der Waals surface area contributed by atoms with E-state index in [-0.39, 0.29) is 12.8 Å². The number of carboxylic acid groups (broad SMARTS) is 1. The minimum atomic E-state index is -1.18. The zero-order valence-corrected chi connectivity index (χ0v) is 21.0. The van der Waals surface area contributed by atoms with Gasteiger partial charge in [0.1, 0.15) is 18.1 Å². The van der Waals surface area contributed by atoms with Gasteiger partial charge in [0.15, 0.2) is 0 Å². The Hall–Kier alpha value is -2.98. The molecule has 0 spiro atoms. The molecule has 0 aromatic heterocycles. The van der Waals surface area contributed by atoms with Crippen LogP contribution in [0, 0.1) is 0 Å². The number of unbranched alkanes of at least 4 members (excludes halogenated alkanes) is 2. The number of carbonyl (C=O) groups excluding carboxylic acids is 3. The molecule has 1 aromatic rings. The molecule has 8 N–H and O–H groups in total. The van der Waals surface area contributed by atoms with Crippen LogP contribution in [0.1, 0.15) is 64.9 Å². The molecule has 10 nitrogen and oxygen atoms in total. The normalized spacial score (nSPS) is 13.9. The summed E-state index contributed by atoms with van der Waals surface area (Å²) >= 11 is 0. The van der Waals surface area contributed by atoms with E-state index in [4.69, 9.17) is 11.5 Å². The van der Waals surface area contributed by atoms with Crippen LogP contribution in [0.3, 0.4) is 0 Å². The highest BCUT2D eigenvalue weighted by Gasteiger charge is 2.31. The molecule has 0 radical (unpaired) electrons. The molecule has 0 aliphatic heterocycles. The maximum atomic E-state index is 13.2. The highest BCUT2D eigenvalue weighted by molar-refractivity contribution is 5.94. The Labute approximate surface area is 207 Å². The predicted octanol–water partition coefficient (Wildman–Crippen LogP) is 0.825. The van der Waals surface area contributed by atoms with Crippen LogP contribution in [0.25, 0.3) is 0 Å². The second kappa shape index (κ2) is 15.1. The summed E-state index contributed by atoms with van der Waals surface area (Å²) in [5.41, 5.74) is 11.0. The van der Waals surface area contributed by atoms with E-state index in [0.29, 0.717) is 32.2 Å². The van der Waals surface area contributed by atoms with E-state index in [2.05, 4.69) is 16.0 Å². The summed E-state index contributed by atoms with van der Waals surface area (Å²) in [5.74, 6) is -2.77. The summed E-state index contributed by atoms with van der Waals surface area (Å²) < 4.78 is 0. The lowest BCUT2D eigenvalue weighted by Crippen LogP contribution is -2.59. The first-order valence-electron chi connectivity index (χ1n) is 12.2. The van der Waals surface area contributed by atoms with Crippen molar-refractivity contribution in [3.8, 4) is 0 Å². The van der Waals surface area contributed by atoms with Crippen molar-refractivity contribution in [3.63, 3.8) is 0 Å². The van der Waals surface area contributed by atoms with Gasteiger partial charge in [-0.15, -0.1) is 0 Å². The van der Waals surface area contributed by atoms with Crippen LogP contribution < -0.4 is 27.4 Å². The molecule has 1 aromatic carbocycles. The Morgan fingerprint density at radius 3 is 2.00 bits per heavy atom. The third kappa shape index (κ3) is 11.3. The summed E-state index contributed by atoms with van der Waals surface area (Å²) in [6, 6.07) is 6.08. The summed E-state index contributed by atoms with van der Waals surface area (Å²) in [4.78, 5) is 50.4. The molecule has 1 rings (SSSR count). The monoisotopic (exact) mass is 491 g/mol. The Morgan fingerprint density at radius 1 is 0.886 bits per heavy atom. The Morgan fingerprint density at radius 2 is 1.46 bits per heavy atom. The number of hydrogen-bond acceptors (Lipinski definition) is 6. The van der Waals surface area contributed by atoms with Crippen molar-refractivity contribution >= 4 is 23.7 Å². The van der Waals surface area contributed by atoms with E-state index in [9.17, 15) is 24.3 Å².